The van der Waals surface area contributed by atoms with E-state index in [4.69, 9.17) is 0 Å². The minimum Gasteiger partial charge on any atom is -0.356 e. The molecule has 250 valence electrons. The third-order valence-electron chi connectivity index (χ3n) is 9.82. The van der Waals surface area contributed by atoms with Crippen LogP contribution in [0.4, 0.5) is 0 Å². The standard InChI is InChI=1S/C40H80N2/c1-4-7-10-13-15-17-19-20-21-22-23-24-26-28-31-34-37-42-39-38-41(36-33-30-12-9-6-3)40(42)35-32-29-27-25-18-16-14-11-8-5-2/h38-40H,4-37H2,1-3H3. The molecule has 0 saturated carbocycles. The highest BCUT2D eigenvalue weighted by Gasteiger charge is 2.24. The number of hydrogen-bond acceptors (Lipinski definition) is 2. The zero-order chi connectivity index (χ0) is 30.2. The Morgan fingerprint density at radius 2 is 0.548 bits per heavy atom. The van der Waals surface area contributed by atoms with Gasteiger partial charge in [0.15, 0.2) is 0 Å². The maximum Gasteiger partial charge on any atom is 0.101 e. The van der Waals surface area contributed by atoms with Crippen LogP contribution in [0.15, 0.2) is 12.4 Å². The molecule has 0 saturated heterocycles. The lowest BCUT2D eigenvalue weighted by Crippen LogP contribution is -2.39. The summed E-state index contributed by atoms with van der Waals surface area (Å²) in [5.74, 6) is 0. The summed E-state index contributed by atoms with van der Waals surface area (Å²) in [6.07, 6.45) is 51.4. The minimum absolute atomic E-state index is 0.640. The van der Waals surface area contributed by atoms with E-state index in [1.807, 2.05) is 0 Å². The van der Waals surface area contributed by atoms with Gasteiger partial charge in [0, 0.05) is 25.5 Å². The molecule has 0 aromatic heterocycles. The fourth-order valence-corrected chi connectivity index (χ4v) is 6.89. The van der Waals surface area contributed by atoms with Crippen LogP contribution in [-0.4, -0.2) is 29.1 Å². The quantitative estimate of drug-likeness (QED) is 0.0690. The average molecular weight is 589 g/mol. The van der Waals surface area contributed by atoms with Crippen molar-refractivity contribution in [1.82, 2.24) is 9.80 Å². The van der Waals surface area contributed by atoms with Gasteiger partial charge in [-0.25, -0.2) is 0 Å². The van der Waals surface area contributed by atoms with Crippen molar-refractivity contribution < 1.29 is 0 Å². The topological polar surface area (TPSA) is 6.48 Å². The molecule has 0 amide bonds. The van der Waals surface area contributed by atoms with Crippen molar-refractivity contribution in [2.24, 2.45) is 0 Å². The molecule has 2 nitrogen and oxygen atoms in total. The van der Waals surface area contributed by atoms with E-state index < -0.39 is 0 Å². The number of hydrogen-bond donors (Lipinski definition) is 0. The van der Waals surface area contributed by atoms with Crippen molar-refractivity contribution in [2.75, 3.05) is 13.1 Å². The van der Waals surface area contributed by atoms with Gasteiger partial charge in [0.2, 0.25) is 0 Å². The Labute approximate surface area is 267 Å². The molecule has 1 aliphatic rings. The Hall–Kier alpha value is -0.660. The zero-order valence-electron chi connectivity index (χ0n) is 29.7. The van der Waals surface area contributed by atoms with Crippen LogP contribution >= 0.6 is 0 Å². The van der Waals surface area contributed by atoms with E-state index in [-0.39, 0.29) is 0 Å². The second kappa shape index (κ2) is 31.8. The van der Waals surface area contributed by atoms with Gasteiger partial charge < -0.3 is 9.80 Å². The lowest BCUT2D eigenvalue weighted by Gasteiger charge is -2.33. The van der Waals surface area contributed by atoms with E-state index >= 15 is 0 Å². The molecule has 0 aliphatic carbocycles. The van der Waals surface area contributed by atoms with Crippen LogP contribution in [0, 0.1) is 0 Å². The Morgan fingerprint density at radius 3 is 0.833 bits per heavy atom. The van der Waals surface area contributed by atoms with E-state index in [9.17, 15) is 0 Å². The molecule has 0 aromatic carbocycles. The molecule has 2 heteroatoms. The molecule has 0 N–H and O–H groups in total. The van der Waals surface area contributed by atoms with Gasteiger partial charge in [0.1, 0.15) is 6.17 Å². The van der Waals surface area contributed by atoms with Crippen LogP contribution in [0.3, 0.4) is 0 Å². The van der Waals surface area contributed by atoms with Crippen molar-refractivity contribution in [1.29, 1.82) is 0 Å². The van der Waals surface area contributed by atoms with Crippen molar-refractivity contribution in [3.8, 4) is 0 Å². The largest absolute Gasteiger partial charge is 0.356 e. The van der Waals surface area contributed by atoms with Crippen LogP contribution in [0.2, 0.25) is 0 Å². The van der Waals surface area contributed by atoms with Crippen LogP contribution in [-0.2, 0) is 0 Å². The molecular formula is C40H80N2. The first kappa shape index (κ1) is 39.4. The third-order valence-corrected chi connectivity index (χ3v) is 9.82. The number of rotatable bonds is 34. The van der Waals surface area contributed by atoms with Gasteiger partial charge >= 0.3 is 0 Å². The molecule has 1 aliphatic heterocycles. The van der Waals surface area contributed by atoms with E-state index in [0.29, 0.717) is 6.17 Å². The van der Waals surface area contributed by atoms with Crippen LogP contribution in [0.25, 0.3) is 0 Å². The summed E-state index contributed by atoms with van der Waals surface area (Å²) in [4.78, 5) is 5.41. The predicted octanol–water partition coefficient (Wildman–Crippen LogP) is 13.9. The first-order valence-electron chi connectivity index (χ1n) is 20.0. The number of nitrogens with zero attached hydrogens (tertiary/aromatic N) is 2. The first-order valence-corrected chi connectivity index (χ1v) is 20.0. The summed E-state index contributed by atoms with van der Waals surface area (Å²) in [6, 6.07) is 0. The van der Waals surface area contributed by atoms with Crippen LogP contribution in [0.5, 0.6) is 0 Å². The molecule has 0 bridgehead atoms. The predicted molar refractivity (Wildman–Crippen MR) is 191 cm³/mol. The van der Waals surface area contributed by atoms with Gasteiger partial charge in [-0.05, 0) is 25.7 Å². The Balaban J connectivity index is 2.12. The second-order valence-corrected chi connectivity index (χ2v) is 13.9. The normalized spacial score (nSPS) is 15.0. The van der Waals surface area contributed by atoms with Crippen molar-refractivity contribution in [2.45, 2.75) is 232 Å². The highest BCUT2D eigenvalue weighted by Crippen LogP contribution is 2.24. The fourth-order valence-electron chi connectivity index (χ4n) is 6.89. The van der Waals surface area contributed by atoms with Crippen molar-refractivity contribution in [3.05, 3.63) is 12.4 Å². The molecule has 1 heterocycles. The Bertz CT molecular complexity index is 544. The van der Waals surface area contributed by atoms with Crippen LogP contribution in [0.1, 0.15) is 226 Å². The van der Waals surface area contributed by atoms with Gasteiger partial charge in [0.25, 0.3) is 0 Å². The Kier molecular flexibility index (Phi) is 29.8. The number of unbranched alkanes of at least 4 members (excludes halogenated alkanes) is 28. The highest BCUT2D eigenvalue weighted by molar-refractivity contribution is 4.97. The van der Waals surface area contributed by atoms with E-state index in [1.165, 1.54) is 219 Å². The molecular weight excluding hydrogens is 508 g/mol. The van der Waals surface area contributed by atoms with Crippen LogP contribution < -0.4 is 0 Å². The van der Waals surface area contributed by atoms with Gasteiger partial charge in [0.05, 0.1) is 0 Å². The summed E-state index contributed by atoms with van der Waals surface area (Å²) >= 11 is 0. The summed E-state index contributed by atoms with van der Waals surface area (Å²) in [6.45, 7) is 9.48. The maximum atomic E-state index is 2.71. The molecule has 42 heavy (non-hydrogen) atoms. The van der Waals surface area contributed by atoms with Gasteiger partial charge in [-0.1, -0.05) is 201 Å². The lowest BCUT2D eigenvalue weighted by atomic mass is 10.0. The fraction of sp³-hybridized carbons (Fsp3) is 0.950. The molecule has 1 rings (SSSR count). The van der Waals surface area contributed by atoms with Crippen molar-refractivity contribution >= 4 is 0 Å². The average Bonchev–Trinajstić information content (AvgIpc) is 3.38. The van der Waals surface area contributed by atoms with E-state index in [1.54, 1.807) is 0 Å². The van der Waals surface area contributed by atoms with Gasteiger partial charge in [-0.2, -0.15) is 0 Å². The molecule has 0 fully saturated rings. The molecule has 1 unspecified atom stereocenters. The minimum atomic E-state index is 0.640. The molecule has 0 radical (unpaired) electrons. The Morgan fingerprint density at radius 1 is 0.310 bits per heavy atom. The SMILES string of the molecule is CCCCCCCCCCCCCCCCCCN1C=CN(CCCCCCC)C1CCCCCCCCCCCC. The summed E-state index contributed by atoms with van der Waals surface area (Å²) in [5.41, 5.74) is 0. The molecule has 0 aromatic rings. The first-order chi connectivity index (χ1) is 20.8. The molecule has 0 spiro atoms. The highest BCUT2D eigenvalue weighted by atomic mass is 15.4. The van der Waals surface area contributed by atoms with E-state index in [0.717, 1.165) is 0 Å². The second-order valence-electron chi connectivity index (χ2n) is 13.9. The zero-order valence-corrected chi connectivity index (χ0v) is 29.7. The van der Waals surface area contributed by atoms with Gasteiger partial charge in [-0.15, -0.1) is 0 Å². The summed E-state index contributed by atoms with van der Waals surface area (Å²) in [7, 11) is 0. The maximum absolute atomic E-state index is 2.71. The lowest BCUT2D eigenvalue weighted by molar-refractivity contribution is 0.135. The summed E-state index contributed by atoms with van der Waals surface area (Å²) in [5, 5.41) is 0. The van der Waals surface area contributed by atoms with E-state index in [2.05, 4.69) is 43.0 Å². The summed E-state index contributed by atoms with van der Waals surface area (Å²) < 4.78 is 0. The monoisotopic (exact) mass is 589 g/mol. The smallest absolute Gasteiger partial charge is 0.101 e. The van der Waals surface area contributed by atoms with Crippen molar-refractivity contribution in [3.63, 3.8) is 0 Å². The third kappa shape index (κ3) is 23.8. The molecule has 1 atom stereocenters. The van der Waals surface area contributed by atoms with Gasteiger partial charge in [-0.3, -0.25) is 0 Å².